The SMILES string of the molecule is CC(=NNC(=O)c1sc2cc(C)ccc2c1Cl)c1cccc(O)c1. The fraction of sp³-hybridized carbons (Fsp3) is 0.111. The normalized spacial score (nSPS) is 11.7. The number of thiophene rings is 1. The van der Waals surface area contributed by atoms with Crippen molar-refractivity contribution in [2.24, 2.45) is 5.10 Å². The van der Waals surface area contributed by atoms with Gasteiger partial charge in [-0.05, 0) is 37.6 Å². The minimum atomic E-state index is -0.349. The van der Waals surface area contributed by atoms with E-state index in [-0.39, 0.29) is 11.7 Å². The smallest absolute Gasteiger partial charge is 0.283 e. The molecule has 24 heavy (non-hydrogen) atoms. The highest BCUT2D eigenvalue weighted by molar-refractivity contribution is 7.21. The number of carbonyl (C=O) groups excluding carboxylic acids is 1. The predicted molar refractivity (Wildman–Crippen MR) is 99.4 cm³/mol. The zero-order valence-electron chi connectivity index (χ0n) is 13.1. The van der Waals surface area contributed by atoms with Gasteiger partial charge >= 0.3 is 0 Å². The Bertz CT molecular complexity index is 963. The number of aromatic hydroxyl groups is 1. The predicted octanol–water partition coefficient (Wildman–Crippen LogP) is 4.72. The van der Waals surface area contributed by atoms with Crippen LogP contribution in [0.1, 0.15) is 27.7 Å². The Morgan fingerprint density at radius 3 is 2.79 bits per heavy atom. The summed E-state index contributed by atoms with van der Waals surface area (Å²) in [5.41, 5.74) is 4.96. The van der Waals surface area contributed by atoms with E-state index in [1.807, 2.05) is 25.1 Å². The molecule has 0 fully saturated rings. The van der Waals surface area contributed by atoms with Gasteiger partial charge in [0.2, 0.25) is 0 Å². The molecule has 1 aromatic heterocycles. The Balaban J connectivity index is 1.85. The largest absolute Gasteiger partial charge is 0.508 e. The molecule has 0 saturated heterocycles. The maximum Gasteiger partial charge on any atom is 0.283 e. The Morgan fingerprint density at radius 1 is 1.25 bits per heavy atom. The molecule has 0 saturated carbocycles. The third-order valence-corrected chi connectivity index (χ3v) is 5.24. The highest BCUT2D eigenvalue weighted by Crippen LogP contribution is 2.35. The summed E-state index contributed by atoms with van der Waals surface area (Å²) in [6, 6.07) is 12.6. The number of nitrogens with one attached hydrogen (secondary N) is 1. The zero-order chi connectivity index (χ0) is 17.3. The van der Waals surface area contributed by atoms with Gasteiger partial charge in [-0.1, -0.05) is 35.9 Å². The molecule has 2 aromatic carbocycles. The Labute approximate surface area is 148 Å². The van der Waals surface area contributed by atoms with Crippen LogP contribution in [0.15, 0.2) is 47.6 Å². The van der Waals surface area contributed by atoms with E-state index in [9.17, 15) is 9.90 Å². The molecule has 3 rings (SSSR count). The number of hydrazone groups is 1. The van der Waals surface area contributed by atoms with Crippen LogP contribution in [0, 0.1) is 6.92 Å². The highest BCUT2D eigenvalue weighted by atomic mass is 35.5. The van der Waals surface area contributed by atoms with Gasteiger partial charge in [0.15, 0.2) is 0 Å². The van der Waals surface area contributed by atoms with Gasteiger partial charge in [-0.2, -0.15) is 5.10 Å². The fourth-order valence-corrected chi connectivity index (χ4v) is 3.80. The first kappa shape index (κ1) is 16.5. The number of hydrogen-bond donors (Lipinski definition) is 2. The number of nitrogens with zero attached hydrogens (tertiary/aromatic N) is 1. The summed E-state index contributed by atoms with van der Waals surface area (Å²) in [6.45, 7) is 3.75. The molecule has 2 N–H and O–H groups in total. The lowest BCUT2D eigenvalue weighted by atomic mass is 10.1. The molecule has 0 radical (unpaired) electrons. The van der Waals surface area contributed by atoms with E-state index in [0.29, 0.717) is 15.6 Å². The molecular weight excluding hydrogens is 344 g/mol. The van der Waals surface area contributed by atoms with Gasteiger partial charge in [-0.15, -0.1) is 11.3 Å². The molecule has 0 unspecified atom stereocenters. The van der Waals surface area contributed by atoms with Crippen LogP contribution in [0.4, 0.5) is 0 Å². The second kappa shape index (κ2) is 6.63. The molecule has 0 aliphatic heterocycles. The van der Waals surface area contributed by atoms with E-state index in [1.165, 1.54) is 11.3 Å². The molecule has 0 atom stereocenters. The second-order valence-electron chi connectivity index (χ2n) is 5.43. The summed E-state index contributed by atoms with van der Waals surface area (Å²) in [5.74, 6) is -0.199. The number of phenolic OH excluding ortho intramolecular Hbond substituents is 1. The Hall–Kier alpha value is -2.37. The molecule has 0 aliphatic rings. The minimum Gasteiger partial charge on any atom is -0.508 e. The standard InChI is InChI=1S/C18H15ClN2O2S/c1-10-6-7-14-15(8-10)24-17(16(14)19)18(23)21-20-11(2)12-4-3-5-13(22)9-12/h3-9,22H,1-2H3,(H,21,23). The van der Waals surface area contributed by atoms with E-state index >= 15 is 0 Å². The van der Waals surface area contributed by atoms with E-state index < -0.39 is 0 Å². The van der Waals surface area contributed by atoms with Gasteiger partial charge in [-0.3, -0.25) is 4.79 Å². The first-order valence-corrected chi connectivity index (χ1v) is 8.48. The van der Waals surface area contributed by atoms with Crippen LogP contribution in [0.25, 0.3) is 10.1 Å². The summed E-state index contributed by atoms with van der Waals surface area (Å²) in [4.78, 5) is 12.8. The lowest BCUT2D eigenvalue weighted by Gasteiger charge is -2.03. The number of rotatable bonds is 3. The van der Waals surface area contributed by atoms with Crippen molar-refractivity contribution < 1.29 is 9.90 Å². The van der Waals surface area contributed by atoms with Gasteiger partial charge in [0.1, 0.15) is 10.6 Å². The molecular formula is C18H15ClN2O2S. The first-order valence-electron chi connectivity index (χ1n) is 7.28. The molecule has 0 aliphatic carbocycles. The van der Waals surface area contributed by atoms with Crippen LogP contribution in [0.2, 0.25) is 5.02 Å². The summed E-state index contributed by atoms with van der Waals surface area (Å²) >= 11 is 7.67. The van der Waals surface area contributed by atoms with Crippen molar-refractivity contribution >= 4 is 44.6 Å². The number of hydrogen-bond acceptors (Lipinski definition) is 4. The number of halogens is 1. The van der Waals surface area contributed by atoms with Crippen molar-refractivity contribution in [3.8, 4) is 5.75 Å². The Morgan fingerprint density at radius 2 is 2.04 bits per heavy atom. The summed E-state index contributed by atoms with van der Waals surface area (Å²) in [5, 5.41) is 14.9. The first-order chi connectivity index (χ1) is 11.5. The monoisotopic (exact) mass is 358 g/mol. The van der Waals surface area contributed by atoms with Gasteiger partial charge in [-0.25, -0.2) is 5.43 Å². The van der Waals surface area contributed by atoms with Gasteiger partial charge in [0.25, 0.3) is 5.91 Å². The van der Waals surface area contributed by atoms with Crippen molar-refractivity contribution in [3.05, 3.63) is 63.5 Å². The third-order valence-electron chi connectivity index (χ3n) is 3.58. The van der Waals surface area contributed by atoms with E-state index in [1.54, 1.807) is 31.2 Å². The average Bonchev–Trinajstić information content (AvgIpc) is 2.88. The van der Waals surface area contributed by atoms with Gasteiger partial charge < -0.3 is 5.11 Å². The molecule has 0 spiro atoms. The van der Waals surface area contributed by atoms with Crippen LogP contribution in [-0.2, 0) is 0 Å². The van der Waals surface area contributed by atoms with Crippen molar-refractivity contribution in [2.75, 3.05) is 0 Å². The average molecular weight is 359 g/mol. The molecule has 1 heterocycles. The second-order valence-corrected chi connectivity index (χ2v) is 6.86. The molecule has 3 aromatic rings. The fourth-order valence-electron chi connectivity index (χ4n) is 2.30. The van der Waals surface area contributed by atoms with Crippen LogP contribution in [0.5, 0.6) is 5.75 Å². The lowest BCUT2D eigenvalue weighted by Crippen LogP contribution is -2.18. The summed E-state index contributed by atoms with van der Waals surface area (Å²) < 4.78 is 0.971. The van der Waals surface area contributed by atoms with Crippen LogP contribution in [0.3, 0.4) is 0 Å². The van der Waals surface area contributed by atoms with E-state index in [0.717, 1.165) is 21.2 Å². The number of amides is 1. The van der Waals surface area contributed by atoms with Gasteiger partial charge in [0.05, 0.1) is 10.7 Å². The third kappa shape index (κ3) is 3.27. The minimum absolute atomic E-state index is 0.149. The van der Waals surface area contributed by atoms with Crippen LogP contribution < -0.4 is 5.43 Å². The quantitative estimate of drug-likeness (QED) is 0.525. The molecule has 0 bridgehead atoms. The molecule has 4 nitrogen and oxygen atoms in total. The summed E-state index contributed by atoms with van der Waals surface area (Å²) in [7, 11) is 0. The Kier molecular flexibility index (Phi) is 4.55. The number of aryl methyl sites for hydroxylation is 1. The van der Waals surface area contributed by atoms with Crippen molar-refractivity contribution in [2.45, 2.75) is 13.8 Å². The van der Waals surface area contributed by atoms with Crippen molar-refractivity contribution in [1.29, 1.82) is 0 Å². The number of benzene rings is 2. The van der Waals surface area contributed by atoms with E-state index in [4.69, 9.17) is 11.6 Å². The van der Waals surface area contributed by atoms with Crippen molar-refractivity contribution in [1.82, 2.24) is 5.43 Å². The lowest BCUT2D eigenvalue weighted by molar-refractivity contribution is 0.0959. The molecule has 6 heteroatoms. The maximum absolute atomic E-state index is 12.4. The number of carbonyl (C=O) groups is 1. The number of fused-ring (bicyclic) bond motifs is 1. The number of phenols is 1. The highest BCUT2D eigenvalue weighted by Gasteiger charge is 2.17. The van der Waals surface area contributed by atoms with Crippen molar-refractivity contribution in [3.63, 3.8) is 0 Å². The molecule has 1 amide bonds. The van der Waals surface area contributed by atoms with Crippen LogP contribution >= 0.6 is 22.9 Å². The van der Waals surface area contributed by atoms with Gasteiger partial charge in [0, 0.05) is 15.6 Å². The summed E-state index contributed by atoms with van der Waals surface area (Å²) in [6.07, 6.45) is 0. The van der Waals surface area contributed by atoms with E-state index in [2.05, 4.69) is 10.5 Å². The maximum atomic E-state index is 12.4. The molecule has 122 valence electrons. The van der Waals surface area contributed by atoms with Crippen LogP contribution in [-0.4, -0.2) is 16.7 Å². The zero-order valence-corrected chi connectivity index (χ0v) is 14.7. The topological polar surface area (TPSA) is 61.7 Å².